The second kappa shape index (κ2) is 10.6. The number of halogens is 1. The minimum absolute atomic E-state index is 0.0338. The van der Waals surface area contributed by atoms with Gasteiger partial charge in [0.2, 0.25) is 5.76 Å². The lowest BCUT2D eigenvalue weighted by Gasteiger charge is -2.11. The summed E-state index contributed by atoms with van der Waals surface area (Å²) in [6.07, 6.45) is 1.39. The van der Waals surface area contributed by atoms with Crippen LogP contribution in [0.25, 0.3) is 6.08 Å². The van der Waals surface area contributed by atoms with E-state index in [1.165, 1.54) is 50.6 Å². The molecule has 33 heavy (non-hydrogen) atoms. The predicted molar refractivity (Wildman–Crippen MR) is 116 cm³/mol. The van der Waals surface area contributed by atoms with Crippen LogP contribution in [-0.4, -0.2) is 26.1 Å². The Balaban J connectivity index is 1.72. The van der Waals surface area contributed by atoms with Gasteiger partial charge in [-0.15, -0.1) is 0 Å². The van der Waals surface area contributed by atoms with Gasteiger partial charge in [0.1, 0.15) is 29.8 Å². The number of nitrogens with one attached hydrogen (secondary N) is 1. The van der Waals surface area contributed by atoms with Crippen molar-refractivity contribution in [2.75, 3.05) is 19.5 Å². The Hall–Kier alpha value is -4.58. The number of carbonyl (C=O) groups excluding carboxylic acids is 2. The number of nitrogens with zero attached hydrogens (tertiary/aromatic N) is 1. The molecular weight excluding hydrogens is 431 g/mol. The number of carbonyl (C=O) groups is 2. The highest BCUT2D eigenvalue weighted by atomic mass is 19.1. The number of hydrogen-bond donors (Lipinski definition) is 1. The van der Waals surface area contributed by atoms with Gasteiger partial charge >= 0.3 is 5.97 Å². The van der Waals surface area contributed by atoms with E-state index in [-0.39, 0.29) is 17.9 Å². The summed E-state index contributed by atoms with van der Waals surface area (Å²) in [5, 5.41) is 11.9. The molecule has 8 nitrogen and oxygen atoms in total. The molecule has 1 N–H and O–H groups in total. The van der Waals surface area contributed by atoms with Crippen LogP contribution in [0.1, 0.15) is 21.9 Å². The maximum atomic E-state index is 13.0. The predicted octanol–water partition coefficient (Wildman–Crippen LogP) is 4.34. The van der Waals surface area contributed by atoms with Crippen molar-refractivity contribution in [2.24, 2.45) is 0 Å². The molecule has 1 amide bonds. The molecule has 0 aliphatic heterocycles. The Bertz CT molecular complexity index is 1220. The molecule has 1 aromatic heterocycles. The number of hydrogen-bond acceptors (Lipinski definition) is 7. The fourth-order valence-corrected chi connectivity index (χ4v) is 2.75. The molecule has 0 saturated carbocycles. The van der Waals surface area contributed by atoms with E-state index in [0.29, 0.717) is 28.5 Å². The zero-order chi connectivity index (χ0) is 23.8. The summed E-state index contributed by atoms with van der Waals surface area (Å²) in [4.78, 5) is 23.9. The summed E-state index contributed by atoms with van der Waals surface area (Å²) in [6.45, 7) is 0.0338. The van der Waals surface area contributed by atoms with Crippen molar-refractivity contribution in [3.63, 3.8) is 0 Å². The number of benzene rings is 2. The van der Waals surface area contributed by atoms with E-state index < -0.39 is 17.7 Å². The van der Waals surface area contributed by atoms with E-state index in [9.17, 15) is 19.2 Å². The molecule has 1 heterocycles. The Kier molecular flexibility index (Phi) is 7.44. The fourth-order valence-electron chi connectivity index (χ4n) is 2.75. The Morgan fingerprint density at radius 2 is 1.85 bits per heavy atom. The molecule has 0 bridgehead atoms. The minimum Gasteiger partial charge on any atom is -0.493 e. The highest BCUT2D eigenvalue weighted by molar-refractivity contribution is 6.09. The van der Waals surface area contributed by atoms with E-state index in [0.717, 1.165) is 0 Å². The highest BCUT2D eigenvalue weighted by Gasteiger charge is 2.14. The SMILES string of the molecule is COC(=O)c1ccc(COc2ccc(C=C(C#N)C(=O)Nc3ccc(F)cc3)cc2OC)o1. The van der Waals surface area contributed by atoms with Crippen molar-refractivity contribution in [2.45, 2.75) is 6.61 Å². The van der Waals surface area contributed by atoms with E-state index in [1.54, 1.807) is 24.3 Å². The molecular formula is C24H19FN2O6. The first-order chi connectivity index (χ1) is 15.9. The topological polar surface area (TPSA) is 111 Å². The van der Waals surface area contributed by atoms with Crippen molar-refractivity contribution in [3.8, 4) is 17.6 Å². The van der Waals surface area contributed by atoms with E-state index in [4.69, 9.17) is 13.9 Å². The number of ether oxygens (including phenoxy) is 3. The van der Waals surface area contributed by atoms with Gasteiger partial charge in [0.15, 0.2) is 11.5 Å². The molecule has 0 unspecified atom stereocenters. The summed E-state index contributed by atoms with van der Waals surface area (Å²) in [6, 6.07) is 15.0. The molecule has 0 atom stereocenters. The zero-order valence-corrected chi connectivity index (χ0v) is 17.8. The maximum absolute atomic E-state index is 13.0. The van der Waals surface area contributed by atoms with Crippen molar-refractivity contribution < 1.29 is 32.6 Å². The van der Waals surface area contributed by atoms with Crippen LogP contribution in [-0.2, 0) is 16.1 Å². The van der Waals surface area contributed by atoms with Gasteiger partial charge in [0.25, 0.3) is 5.91 Å². The number of rotatable bonds is 8. The molecule has 0 spiro atoms. The summed E-state index contributed by atoms with van der Waals surface area (Å²) < 4.78 is 34.0. The lowest BCUT2D eigenvalue weighted by atomic mass is 10.1. The van der Waals surface area contributed by atoms with Crippen molar-refractivity contribution in [1.82, 2.24) is 0 Å². The molecule has 2 aromatic carbocycles. The molecule has 0 radical (unpaired) electrons. The second-order valence-corrected chi connectivity index (χ2v) is 6.59. The van der Waals surface area contributed by atoms with Crippen LogP contribution in [0.5, 0.6) is 11.5 Å². The average molecular weight is 450 g/mol. The smallest absolute Gasteiger partial charge is 0.373 e. The average Bonchev–Trinajstić information content (AvgIpc) is 3.31. The van der Waals surface area contributed by atoms with E-state index in [1.807, 2.05) is 6.07 Å². The van der Waals surface area contributed by atoms with Crippen LogP contribution in [0, 0.1) is 17.1 Å². The molecule has 0 fully saturated rings. The van der Waals surface area contributed by atoms with Gasteiger partial charge in [-0.3, -0.25) is 4.79 Å². The van der Waals surface area contributed by atoms with Crippen molar-refractivity contribution in [3.05, 3.63) is 83.1 Å². The van der Waals surface area contributed by atoms with Gasteiger partial charge in [-0.2, -0.15) is 5.26 Å². The van der Waals surface area contributed by atoms with E-state index in [2.05, 4.69) is 10.1 Å². The summed E-state index contributed by atoms with van der Waals surface area (Å²) in [5.41, 5.74) is 0.731. The van der Waals surface area contributed by atoms with Crippen molar-refractivity contribution in [1.29, 1.82) is 5.26 Å². The normalized spacial score (nSPS) is 10.8. The molecule has 3 rings (SSSR count). The van der Waals surface area contributed by atoms with Crippen LogP contribution >= 0.6 is 0 Å². The number of methoxy groups -OCH3 is 2. The van der Waals surface area contributed by atoms with Gasteiger partial charge in [-0.1, -0.05) is 6.07 Å². The quantitative estimate of drug-likeness (QED) is 0.309. The first-order valence-electron chi connectivity index (χ1n) is 9.60. The lowest BCUT2D eigenvalue weighted by molar-refractivity contribution is -0.112. The summed E-state index contributed by atoms with van der Waals surface area (Å²) in [5.74, 6) is -0.444. The Morgan fingerprint density at radius 3 is 2.52 bits per heavy atom. The van der Waals surface area contributed by atoms with Gasteiger partial charge in [-0.25, -0.2) is 9.18 Å². The molecule has 168 valence electrons. The number of nitriles is 1. The molecule has 0 aliphatic rings. The summed E-state index contributed by atoms with van der Waals surface area (Å²) >= 11 is 0. The van der Waals surface area contributed by atoms with Crippen LogP contribution < -0.4 is 14.8 Å². The largest absolute Gasteiger partial charge is 0.493 e. The standard InChI is InChI=1S/C24H19FN2O6/c1-30-22-12-15(11-16(13-26)23(28)27-18-6-4-17(25)5-7-18)3-9-20(22)32-14-19-8-10-21(33-19)24(29)31-2/h3-12H,14H2,1-2H3,(H,27,28). The Labute approximate surface area is 188 Å². The number of anilines is 1. The van der Waals surface area contributed by atoms with Crippen molar-refractivity contribution >= 4 is 23.6 Å². The molecule has 9 heteroatoms. The van der Waals surface area contributed by atoms with Crippen LogP contribution in [0.2, 0.25) is 0 Å². The number of esters is 1. The monoisotopic (exact) mass is 450 g/mol. The third kappa shape index (κ3) is 5.98. The second-order valence-electron chi connectivity index (χ2n) is 6.59. The third-order valence-electron chi connectivity index (χ3n) is 4.38. The summed E-state index contributed by atoms with van der Waals surface area (Å²) in [7, 11) is 2.70. The third-order valence-corrected chi connectivity index (χ3v) is 4.38. The van der Waals surface area contributed by atoms with Crippen LogP contribution in [0.4, 0.5) is 10.1 Å². The van der Waals surface area contributed by atoms with Gasteiger partial charge < -0.3 is 23.9 Å². The number of furan rings is 1. The van der Waals surface area contributed by atoms with Gasteiger partial charge in [-0.05, 0) is 60.2 Å². The van der Waals surface area contributed by atoms with Crippen LogP contribution in [0.3, 0.4) is 0 Å². The molecule has 0 aliphatic carbocycles. The Morgan fingerprint density at radius 1 is 1.09 bits per heavy atom. The first-order valence-corrected chi connectivity index (χ1v) is 9.60. The molecule has 3 aromatic rings. The number of amides is 1. The van der Waals surface area contributed by atoms with Crippen LogP contribution in [0.15, 0.2) is 64.6 Å². The maximum Gasteiger partial charge on any atom is 0.373 e. The highest BCUT2D eigenvalue weighted by Crippen LogP contribution is 2.30. The zero-order valence-electron chi connectivity index (χ0n) is 17.8. The van der Waals surface area contributed by atoms with E-state index >= 15 is 0 Å². The minimum atomic E-state index is -0.636. The fraction of sp³-hybridized carbons (Fsp3) is 0.125. The lowest BCUT2D eigenvalue weighted by Crippen LogP contribution is -2.13. The molecule has 0 saturated heterocycles. The van der Waals surface area contributed by atoms with Gasteiger partial charge in [0.05, 0.1) is 14.2 Å². The first kappa shape index (κ1) is 23.1. The van der Waals surface area contributed by atoms with Gasteiger partial charge in [0, 0.05) is 5.69 Å².